The summed E-state index contributed by atoms with van der Waals surface area (Å²) in [5.74, 6) is 0.276. The second kappa shape index (κ2) is 7.27. The molecule has 0 saturated carbocycles. The van der Waals surface area contributed by atoms with E-state index < -0.39 is 0 Å². The monoisotopic (exact) mass is 241 g/mol. The van der Waals surface area contributed by atoms with Crippen molar-refractivity contribution in [3.05, 3.63) is 0 Å². The number of likely N-dealkylation sites (tertiary alicyclic amines) is 1. The van der Waals surface area contributed by atoms with Crippen LogP contribution < -0.4 is 10.6 Å². The summed E-state index contributed by atoms with van der Waals surface area (Å²) >= 11 is 0. The van der Waals surface area contributed by atoms with Crippen molar-refractivity contribution >= 4 is 11.8 Å². The molecule has 98 valence electrons. The first-order valence-corrected chi connectivity index (χ1v) is 6.39. The highest BCUT2D eigenvalue weighted by atomic mass is 16.2. The van der Waals surface area contributed by atoms with Gasteiger partial charge in [-0.1, -0.05) is 6.92 Å². The van der Waals surface area contributed by atoms with Crippen molar-refractivity contribution in [2.45, 2.75) is 38.6 Å². The van der Waals surface area contributed by atoms with Crippen molar-refractivity contribution in [2.24, 2.45) is 0 Å². The van der Waals surface area contributed by atoms with E-state index in [0.717, 1.165) is 32.4 Å². The van der Waals surface area contributed by atoms with Crippen LogP contribution in [-0.4, -0.2) is 49.4 Å². The molecule has 2 N–H and O–H groups in total. The second-order valence-corrected chi connectivity index (χ2v) is 4.50. The van der Waals surface area contributed by atoms with Crippen LogP contribution in [0.2, 0.25) is 0 Å². The van der Waals surface area contributed by atoms with Crippen molar-refractivity contribution in [1.82, 2.24) is 15.5 Å². The number of rotatable bonds is 5. The van der Waals surface area contributed by atoms with Crippen LogP contribution in [0.15, 0.2) is 0 Å². The molecule has 1 fully saturated rings. The quantitative estimate of drug-likeness (QED) is 0.718. The van der Waals surface area contributed by atoms with E-state index in [1.165, 1.54) is 0 Å². The molecule has 0 unspecified atom stereocenters. The number of hydrogen-bond acceptors (Lipinski definition) is 3. The lowest BCUT2D eigenvalue weighted by Gasteiger charge is -2.32. The molecule has 0 bridgehead atoms. The summed E-state index contributed by atoms with van der Waals surface area (Å²) in [7, 11) is 1.77. The molecule has 2 amide bonds. The van der Waals surface area contributed by atoms with Gasteiger partial charge < -0.3 is 15.5 Å². The normalized spacial score (nSPS) is 16.9. The van der Waals surface area contributed by atoms with E-state index in [-0.39, 0.29) is 17.9 Å². The van der Waals surface area contributed by atoms with Crippen LogP contribution in [0.3, 0.4) is 0 Å². The van der Waals surface area contributed by atoms with Gasteiger partial charge in [-0.05, 0) is 26.3 Å². The molecule has 1 aliphatic heterocycles. The highest BCUT2D eigenvalue weighted by Gasteiger charge is 2.22. The SMILES string of the molecule is CCCC(=O)NC1CCN(C(=O)CNC)CC1. The van der Waals surface area contributed by atoms with Crippen LogP contribution in [0.4, 0.5) is 0 Å². The lowest BCUT2D eigenvalue weighted by molar-refractivity contribution is -0.131. The first-order valence-electron chi connectivity index (χ1n) is 6.39. The Labute approximate surface area is 103 Å². The molecule has 0 aliphatic carbocycles. The van der Waals surface area contributed by atoms with Crippen LogP contribution in [0.25, 0.3) is 0 Å². The molecule has 0 spiro atoms. The smallest absolute Gasteiger partial charge is 0.236 e. The zero-order chi connectivity index (χ0) is 12.7. The first-order chi connectivity index (χ1) is 8.17. The van der Waals surface area contributed by atoms with Gasteiger partial charge in [0.1, 0.15) is 0 Å². The van der Waals surface area contributed by atoms with Crippen molar-refractivity contribution in [3.8, 4) is 0 Å². The summed E-state index contributed by atoms with van der Waals surface area (Å²) in [4.78, 5) is 24.9. The van der Waals surface area contributed by atoms with E-state index in [0.29, 0.717) is 13.0 Å². The van der Waals surface area contributed by atoms with Gasteiger partial charge in [0.25, 0.3) is 0 Å². The van der Waals surface area contributed by atoms with E-state index in [1.54, 1.807) is 7.05 Å². The summed E-state index contributed by atoms with van der Waals surface area (Å²) < 4.78 is 0. The minimum atomic E-state index is 0.132. The molecule has 0 radical (unpaired) electrons. The largest absolute Gasteiger partial charge is 0.353 e. The van der Waals surface area contributed by atoms with Crippen molar-refractivity contribution in [1.29, 1.82) is 0 Å². The Morgan fingerprint density at radius 2 is 1.94 bits per heavy atom. The number of nitrogens with zero attached hydrogens (tertiary/aromatic N) is 1. The fourth-order valence-electron chi connectivity index (χ4n) is 2.06. The molecule has 17 heavy (non-hydrogen) atoms. The molecule has 0 aromatic carbocycles. The molecule has 0 atom stereocenters. The van der Waals surface area contributed by atoms with E-state index in [2.05, 4.69) is 10.6 Å². The predicted molar refractivity (Wildman–Crippen MR) is 66.6 cm³/mol. The minimum Gasteiger partial charge on any atom is -0.353 e. The summed E-state index contributed by atoms with van der Waals surface area (Å²) in [5, 5.41) is 5.88. The maximum atomic E-state index is 11.6. The molecule has 1 saturated heterocycles. The third-order valence-corrected chi connectivity index (χ3v) is 3.02. The Morgan fingerprint density at radius 1 is 1.29 bits per heavy atom. The number of likely N-dealkylation sites (N-methyl/N-ethyl adjacent to an activating group) is 1. The highest BCUT2D eigenvalue weighted by Crippen LogP contribution is 2.10. The topological polar surface area (TPSA) is 61.4 Å². The minimum absolute atomic E-state index is 0.132. The summed E-state index contributed by atoms with van der Waals surface area (Å²) in [6.07, 6.45) is 3.21. The van der Waals surface area contributed by atoms with Gasteiger partial charge in [0.2, 0.25) is 11.8 Å². The van der Waals surface area contributed by atoms with Gasteiger partial charge >= 0.3 is 0 Å². The third-order valence-electron chi connectivity index (χ3n) is 3.02. The molecule has 5 heteroatoms. The highest BCUT2D eigenvalue weighted by molar-refractivity contribution is 5.78. The fraction of sp³-hybridized carbons (Fsp3) is 0.833. The number of hydrogen-bond donors (Lipinski definition) is 2. The molecule has 0 aromatic heterocycles. The lowest BCUT2D eigenvalue weighted by atomic mass is 10.0. The van der Waals surface area contributed by atoms with Crippen LogP contribution in [0.5, 0.6) is 0 Å². The van der Waals surface area contributed by atoms with Gasteiger partial charge in [-0.3, -0.25) is 9.59 Å². The summed E-state index contributed by atoms with van der Waals surface area (Å²) in [6, 6.07) is 0.243. The van der Waals surface area contributed by atoms with Gasteiger partial charge in [0.15, 0.2) is 0 Å². The number of amides is 2. The zero-order valence-electron chi connectivity index (χ0n) is 10.8. The van der Waals surface area contributed by atoms with Gasteiger partial charge in [-0.25, -0.2) is 0 Å². The predicted octanol–water partition coefficient (Wildman–Crippen LogP) is 0.113. The molecule has 0 aromatic rings. The number of carbonyl (C=O) groups is 2. The van der Waals surface area contributed by atoms with Crippen LogP contribution in [-0.2, 0) is 9.59 Å². The van der Waals surface area contributed by atoms with Crippen LogP contribution in [0, 0.1) is 0 Å². The molecule has 1 heterocycles. The Balaban J connectivity index is 2.26. The standard InChI is InChI=1S/C12H23N3O2/c1-3-4-11(16)14-10-5-7-15(8-6-10)12(17)9-13-2/h10,13H,3-9H2,1-2H3,(H,14,16). The number of nitrogens with one attached hydrogen (secondary N) is 2. The summed E-state index contributed by atoms with van der Waals surface area (Å²) in [5.41, 5.74) is 0. The molecule has 5 nitrogen and oxygen atoms in total. The van der Waals surface area contributed by atoms with E-state index in [9.17, 15) is 9.59 Å². The van der Waals surface area contributed by atoms with Crippen molar-refractivity contribution < 1.29 is 9.59 Å². The van der Waals surface area contributed by atoms with Gasteiger partial charge in [-0.15, -0.1) is 0 Å². The van der Waals surface area contributed by atoms with Crippen LogP contribution >= 0.6 is 0 Å². The lowest BCUT2D eigenvalue weighted by Crippen LogP contribution is -2.48. The Kier molecular flexibility index (Phi) is 5.97. The number of piperidine rings is 1. The van der Waals surface area contributed by atoms with Gasteiger partial charge in [-0.2, -0.15) is 0 Å². The van der Waals surface area contributed by atoms with Gasteiger partial charge in [0, 0.05) is 25.6 Å². The van der Waals surface area contributed by atoms with E-state index in [1.807, 2.05) is 11.8 Å². The Morgan fingerprint density at radius 3 is 2.47 bits per heavy atom. The van der Waals surface area contributed by atoms with E-state index >= 15 is 0 Å². The van der Waals surface area contributed by atoms with Gasteiger partial charge in [0.05, 0.1) is 6.54 Å². The fourth-order valence-corrected chi connectivity index (χ4v) is 2.06. The molecule has 1 rings (SSSR count). The molecular formula is C12H23N3O2. The van der Waals surface area contributed by atoms with Crippen molar-refractivity contribution in [3.63, 3.8) is 0 Å². The number of carbonyl (C=O) groups excluding carboxylic acids is 2. The third kappa shape index (κ3) is 4.73. The first kappa shape index (κ1) is 14.0. The Hall–Kier alpha value is -1.10. The second-order valence-electron chi connectivity index (χ2n) is 4.50. The van der Waals surface area contributed by atoms with Crippen molar-refractivity contribution in [2.75, 3.05) is 26.7 Å². The average Bonchev–Trinajstić information content (AvgIpc) is 2.30. The van der Waals surface area contributed by atoms with Crippen LogP contribution in [0.1, 0.15) is 32.6 Å². The Bertz CT molecular complexity index is 260. The summed E-state index contributed by atoms with van der Waals surface area (Å²) in [6.45, 7) is 3.89. The van der Waals surface area contributed by atoms with E-state index in [4.69, 9.17) is 0 Å². The maximum Gasteiger partial charge on any atom is 0.236 e. The molecular weight excluding hydrogens is 218 g/mol. The average molecular weight is 241 g/mol. The molecule has 1 aliphatic rings. The maximum absolute atomic E-state index is 11.6. The zero-order valence-corrected chi connectivity index (χ0v) is 10.8.